The fourth-order valence-electron chi connectivity index (χ4n) is 5.00. The molecule has 9 nitrogen and oxygen atoms in total. The molecule has 36 heavy (non-hydrogen) atoms. The van der Waals surface area contributed by atoms with Gasteiger partial charge in [0.05, 0.1) is 22.9 Å². The average molecular weight is 479 g/mol. The van der Waals surface area contributed by atoms with E-state index in [0.29, 0.717) is 11.5 Å². The standard InChI is InChI=1S/C27H26N8O/c36-27(16-4-5-16)30-19-12-18(14-28-15-19)17-6-7-21-20(13-17)23(34-33-21)25-31-22-8-9-29-26(24(22)32-25)35-10-2-1-3-11-35/h6-9,12-16H,1-5,10-11H2,(H,30,36)(H,31,32)(H,33,34). The number of aromatic amines is 2. The third-order valence-electron chi connectivity index (χ3n) is 7.11. The van der Waals surface area contributed by atoms with Crippen molar-refractivity contribution < 1.29 is 4.79 Å². The van der Waals surface area contributed by atoms with Crippen LogP contribution in [0, 0.1) is 5.92 Å². The average Bonchev–Trinajstić information content (AvgIpc) is 3.55. The van der Waals surface area contributed by atoms with Crippen LogP contribution in [0.15, 0.2) is 48.9 Å². The number of carbonyl (C=O) groups excluding carboxylic acids is 1. The van der Waals surface area contributed by atoms with Crippen molar-refractivity contribution in [3.63, 3.8) is 0 Å². The maximum absolute atomic E-state index is 12.2. The van der Waals surface area contributed by atoms with E-state index in [1.54, 1.807) is 6.20 Å². The SMILES string of the molecule is O=C(Nc1cncc(-c2ccc3[nH]nc(-c4nc5c(N6CCCCC6)nccc5[nH]4)c3c2)c1)C1CC1. The molecule has 7 rings (SSSR count). The van der Waals surface area contributed by atoms with Crippen LogP contribution in [0.4, 0.5) is 11.5 Å². The van der Waals surface area contributed by atoms with Crippen molar-refractivity contribution in [2.75, 3.05) is 23.3 Å². The molecule has 0 radical (unpaired) electrons. The second-order valence-electron chi connectivity index (χ2n) is 9.72. The summed E-state index contributed by atoms with van der Waals surface area (Å²) in [5, 5.41) is 11.7. The molecule has 180 valence electrons. The van der Waals surface area contributed by atoms with Crippen LogP contribution in [-0.4, -0.2) is 49.1 Å². The summed E-state index contributed by atoms with van der Waals surface area (Å²) in [6.45, 7) is 2.02. The molecule has 9 heteroatoms. The Bertz CT molecular complexity index is 1590. The minimum absolute atomic E-state index is 0.0739. The van der Waals surface area contributed by atoms with Crippen LogP contribution in [-0.2, 0) is 4.79 Å². The van der Waals surface area contributed by atoms with Gasteiger partial charge in [0.25, 0.3) is 0 Å². The first-order valence-corrected chi connectivity index (χ1v) is 12.6. The number of hydrogen-bond donors (Lipinski definition) is 3. The van der Waals surface area contributed by atoms with Gasteiger partial charge in [0.2, 0.25) is 5.91 Å². The number of hydrogen-bond acceptors (Lipinski definition) is 6. The minimum atomic E-state index is 0.0739. The minimum Gasteiger partial charge on any atom is -0.355 e. The zero-order chi connectivity index (χ0) is 24.1. The second-order valence-corrected chi connectivity index (χ2v) is 9.72. The highest BCUT2D eigenvalue weighted by atomic mass is 16.2. The number of rotatable bonds is 5. The molecule has 2 aliphatic rings. The number of nitrogens with zero attached hydrogens (tertiary/aromatic N) is 5. The lowest BCUT2D eigenvalue weighted by molar-refractivity contribution is -0.117. The number of imidazole rings is 1. The van der Waals surface area contributed by atoms with Crippen LogP contribution in [0.25, 0.3) is 44.6 Å². The molecule has 2 fully saturated rings. The predicted molar refractivity (Wildman–Crippen MR) is 140 cm³/mol. The molecule has 3 N–H and O–H groups in total. The quantitative estimate of drug-likeness (QED) is 0.331. The first kappa shape index (κ1) is 21.0. The Labute approximate surface area is 207 Å². The van der Waals surface area contributed by atoms with Crippen LogP contribution in [0.5, 0.6) is 0 Å². The molecule has 1 aliphatic heterocycles. The Morgan fingerprint density at radius 3 is 2.75 bits per heavy atom. The van der Waals surface area contributed by atoms with E-state index in [4.69, 9.17) is 4.98 Å². The number of aromatic nitrogens is 6. The number of fused-ring (bicyclic) bond motifs is 2. The van der Waals surface area contributed by atoms with Gasteiger partial charge in [-0.3, -0.25) is 14.9 Å². The molecule has 1 amide bonds. The Morgan fingerprint density at radius 2 is 1.89 bits per heavy atom. The van der Waals surface area contributed by atoms with E-state index >= 15 is 0 Å². The predicted octanol–water partition coefficient (Wildman–Crippen LogP) is 4.90. The fraction of sp³-hybridized carbons (Fsp3) is 0.296. The Balaban J connectivity index is 1.25. The van der Waals surface area contributed by atoms with E-state index in [-0.39, 0.29) is 11.8 Å². The van der Waals surface area contributed by atoms with Crippen molar-refractivity contribution in [1.82, 2.24) is 30.1 Å². The second kappa shape index (κ2) is 8.44. The Hall–Kier alpha value is -4.27. The molecule has 1 saturated heterocycles. The largest absolute Gasteiger partial charge is 0.355 e. The smallest absolute Gasteiger partial charge is 0.227 e. The van der Waals surface area contributed by atoms with Crippen molar-refractivity contribution in [2.24, 2.45) is 5.92 Å². The molecular weight excluding hydrogens is 452 g/mol. The number of H-pyrrole nitrogens is 2. The highest BCUT2D eigenvalue weighted by Gasteiger charge is 2.29. The topological polar surface area (TPSA) is 115 Å². The van der Waals surface area contributed by atoms with Gasteiger partial charge in [0, 0.05) is 42.4 Å². The van der Waals surface area contributed by atoms with Gasteiger partial charge in [-0.05, 0) is 61.9 Å². The summed E-state index contributed by atoms with van der Waals surface area (Å²) in [7, 11) is 0. The van der Waals surface area contributed by atoms with E-state index in [2.05, 4.69) is 41.4 Å². The van der Waals surface area contributed by atoms with Gasteiger partial charge in [-0.2, -0.15) is 5.10 Å². The number of benzene rings is 1. The number of carbonyl (C=O) groups is 1. The summed E-state index contributed by atoms with van der Waals surface area (Å²) >= 11 is 0. The molecule has 1 saturated carbocycles. The van der Waals surface area contributed by atoms with Crippen LogP contribution in [0.1, 0.15) is 32.1 Å². The lowest BCUT2D eigenvalue weighted by atomic mass is 10.0. The maximum atomic E-state index is 12.2. The lowest BCUT2D eigenvalue weighted by Crippen LogP contribution is -2.30. The van der Waals surface area contributed by atoms with Crippen LogP contribution in [0.3, 0.4) is 0 Å². The summed E-state index contributed by atoms with van der Waals surface area (Å²) in [5.74, 6) is 1.87. The van der Waals surface area contributed by atoms with Crippen LogP contribution in [0.2, 0.25) is 0 Å². The van der Waals surface area contributed by atoms with Crippen molar-refractivity contribution in [1.29, 1.82) is 0 Å². The van der Waals surface area contributed by atoms with Crippen molar-refractivity contribution >= 4 is 39.3 Å². The number of pyridine rings is 2. The molecule has 5 heterocycles. The summed E-state index contributed by atoms with van der Waals surface area (Å²) in [4.78, 5) is 32.0. The van der Waals surface area contributed by atoms with Gasteiger partial charge < -0.3 is 15.2 Å². The molecule has 0 unspecified atom stereocenters. The van der Waals surface area contributed by atoms with E-state index < -0.39 is 0 Å². The van der Waals surface area contributed by atoms with Gasteiger partial charge in [-0.25, -0.2) is 9.97 Å². The number of piperidine rings is 1. The monoisotopic (exact) mass is 478 g/mol. The Kier molecular flexibility index (Phi) is 4.93. The van der Waals surface area contributed by atoms with Gasteiger partial charge in [0.15, 0.2) is 11.6 Å². The summed E-state index contributed by atoms with van der Waals surface area (Å²) in [6.07, 6.45) is 10.9. The number of amides is 1. The normalized spacial score (nSPS) is 16.1. The van der Waals surface area contributed by atoms with Gasteiger partial charge in [-0.15, -0.1) is 0 Å². The molecular formula is C27H26N8O. The van der Waals surface area contributed by atoms with Crippen LogP contribution >= 0.6 is 0 Å². The number of nitrogens with one attached hydrogen (secondary N) is 3. The van der Waals surface area contributed by atoms with Crippen molar-refractivity contribution in [3.05, 3.63) is 48.9 Å². The van der Waals surface area contributed by atoms with Gasteiger partial charge in [0.1, 0.15) is 11.2 Å². The molecule has 1 aromatic carbocycles. The highest BCUT2D eigenvalue weighted by Crippen LogP contribution is 2.34. The number of anilines is 2. The highest BCUT2D eigenvalue weighted by molar-refractivity contribution is 5.98. The third-order valence-corrected chi connectivity index (χ3v) is 7.11. The molecule has 1 aliphatic carbocycles. The van der Waals surface area contributed by atoms with Crippen molar-refractivity contribution in [2.45, 2.75) is 32.1 Å². The molecule has 5 aromatic rings. The van der Waals surface area contributed by atoms with E-state index in [9.17, 15) is 4.79 Å². The molecule has 0 bridgehead atoms. The zero-order valence-corrected chi connectivity index (χ0v) is 19.8. The van der Waals surface area contributed by atoms with E-state index in [1.807, 2.05) is 36.7 Å². The molecule has 0 atom stereocenters. The van der Waals surface area contributed by atoms with E-state index in [0.717, 1.165) is 70.5 Å². The summed E-state index contributed by atoms with van der Waals surface area (Å²) in [5.41, 5.74) is 6.16. The van der Waals surface area contributed by atoms with E-state index in [1.165, 1.54) is 19.3 Å². The summed E-state index contributed by atoms with van der Waals surface area (Å²) < 4.78 is 0. The van der Waals surface area contributed by atoms with Crippen LogP contribution < -0.4 is 10.2 Å². The third kappa shape index (κ3) is 3.77. The molecule has 0 spiro atoms. The molecule has 4 aromatic heterocycles. The fourth-order valence-corrected chi connectivity index (χ4v) is 5.00. The Morgan fingerprint density at radius 1 is 1.00 bits per heavy atom. The van der Waals surface area contributed by atoms with Crippen molar-refractivity contribution in [3.8, 4) is 22.6 Å². The van der Waals surface area contributed by atoms with Gasteiger partial charge in [-0.1, -0.05) is 6.07 Å². The first-order valence-electron chi connectivity index (χ1n) is 12.6. The van der Waals surface area contributed by atoms with Gasteiger partial charge >= 0.3 is 0 Å². The summed E-state index contributed by atoms with van der Waals surface area (Å²) in [6, 6.07) is 10.1. The lowest BCUT2D eigenvalue weighted by Gasteiger charge is -2.27. The maximum Gasteiger partial charge on any atom is 0.227 e. The first-order chi connectivity index (χ1) is 17.7. The zero-order valence-electron chi connectivity index (χ0n) is 19.8.